The lowest BCUT2D eigenvalue weighted by Gasteiger charge is -2.27. The summed E-state index contributed by atoms with van der Waals surface area (Å²) in [6.07, 6.45) is 1.95. The normalized spacial score (nSPS) is 17.5. The molecule has 0 saturated carbocycles. The molecule has 2 aromatic carbocycles. The van der Waals surface area contributed by atoms with E-state index in [-0.39, 0.29) is 30.2 Å². The Hall–Kier alpha value is -3.48. The number of likely N-dealkylation sites (tertiary alicyclic amines) is 1. The van der Waals surface area contributed by atoms with Crippen LogP contribution >= 0.6 is 0 Å². The van der Waals surface area contributed by atoms with E-state index < -0.39 is 0 Å². The average molecular weight is 418 g/mol. The fraction of sp³-hybridized carbons (Fsp3) is 0.333. The molecule has 2 heterocycles. The fourth-order valence-corrected chi connectivity index (χ4v) is 3.92. The minimum absolute atomic E-state index is 0.0947. The van der Waals surface area contributed by atoms with Gasteiger partial charge in [0.2, 0.25) is 11.8 Å². The predicted octanol–water partition coefficient (Wildman–Crippen LogP) is 2.64. The van der Waals surface area contributed by atoms with Crippen molar-refractivity contribution in [3.63, 3.8) is 0 Å². The monoisotopic (exact) mass is 418 g/mol. The van der Waals surface area contributed by atoms with E-state index in [0.717, 1.165) is 17.5 Å². The van der Waals surface area contributed by atoms with Gasteiger partial charge in [0.05, 0.1) is 12.6 Å². The van der Waals surface area contributed by atoms with Crippen LogP contribution in [0.1, 0.15) is 42.9 Å². The average Bonchev–Trinajstić information content (AvgIpc) is 3.20. The van der Waals surface area contributed by atoms with Gasteiger partial charge >= 0.3 is 0 Å². The smallest absolute Gasteiger partial charge is 0.268 e. The van der Waals surface area contributed by atoms with Crippen molar-refractivity contribution >= 4 is 23.4 Å². The summed E-state index contributed by atoms with van der Waals surface area (Å²) >= 11 is 0. The molecule has 0 unspecified atom stereocenters. The number of carbonyl (C=O) groups excluding carboxylic acids is 3. The highest BCUT2D eigenvalue weighted by molar-refractivity contribution is 6.39. The van der Waals surface area contributed by atoms with Gasteiger partial charge in [0.25, 0.3) is 5.91 Å². The van der Waals surface area contributed by atoms with E-state index in [1.54, 1.807) is 4.90 Å². The van der Waals surface area contributed by atoms with E-state index >= 15 is 0 Å². The first-order valence-electron chi connectivity index (χ1n) is 10.7. The maximum Gasteiger partial charge on any atom is 0.268 e. The zero-order valence-electron chi connectivity index (χ0n) is 17.4. The van der Waals surface area contributed by atoms with Crippen molar-refractivity contribution in [1.82, 2.24) is 15.2 Å². The lowest BCUT2D eigenvalue weighted by Crippen LogP contribution is -2.43. The number of benzene rings is 2. The topological polar surface area (TPSA) is 82.1 Å². The van der Waals surface area contributed by atoms with Crippen molar-refractivity contribution in [2.45, 2.75) is 38.3 Å². The largest absolute Gasteiger partial charge is 0.342 e. The summed E-state index contributed by atoms with van der Waals surface area (Å²) in [5, 5.41) is 8.78. The van der Waals surface area contributed by atoms with Crippen LogP contribution in [0.15, 0.2) is 65.8 Å². The molecule has 0 bridgehead atoms. The van der Waals surface area contributed by atoms with Crippen LogP contribution in [-0.4, -0.2) is 46.4 Å². The number of nitrogens with one attached hydrogen (secondary N) is 1. The van der Waals surface area contributed by atoms with Gasteiger partial charge in [-0.1, -0.05) is 60.7 Å². The van der Waals surface area contributed by atoms with Crippen molar-refractivity contribution < 1.29 is 14.4 Å². The molecule has 7 nitrogen and oxygen atoms in total. The molecule has 2 aliphatic rings. The third-order valence-corrected chi connectivity index (χ3v) is 5.62. The van der Waals surface area contributed by atoms with Crippen LogP contribution in [-0.2, 0) is 20.9 Å². The highest BCUT2D eigenvalue weighted by Crippen LogP contribution is 2.20. The van der Waals surface area contributed by atoms with Crippen LogP contribution in [0, 0.1) is 0 Å². The van der Waals surface area contributed by atoms with Gasteiger partial charge in [0.1, 0.15) is 5.71 Å². The molecular formula is C24H26N4O3. The van der Waals surface area contributed by atoms with Gasteiger partial charge in [-0.25, -0.2) is 5.01 Å². The molecule has 0 radical (unpaired) electrons. The number of hydrazone groups is 1. The van der Waals surface area contributed by atoms with E-state index in [2.05, 4.69) is 10.4 Å². The second kappa shape index (κ2) is 9.55. The second-order valence-corrected chi connectivity index (χ2v) is 7.86. The van der Waals surface area contributed by atoms with Crippen LogP contribution in [0.4, 0.5) is 0 Å². The van der Waals surface area contributed by atoms with Crippen LogP contribution in [0.2, 0.25) is 0 Å². The van der Waals surface area contributed by atoms with Crippen molar-refractivity contribution in [3.05, 3.63) is 71.8 Å². The number of nitrogens with zero attached hydrogens (tertiary/aromatic N) is 3. The Bertz CT molecular complexity index is 975. The summed E-state index contributed by atoms with van der Waals surface area (Å²) in [6.45, 7) is 1.47. The number of hydrogen-bond donors (Lipinski definition) is 1. The van der Waals surface area contributed by atoms with E-state index in [4.69, 9.17) is 0 Å². The minimum atomic E-state index is -0.335. The third kappa shape index (κ3) is 5.17. The summed E-state index contributed by atoms with van der Waals surface area (Å²) in [6, 6.07) is 18.9. The molecule has 31 heavy (non-hydrogen) atoms. The fourth-order valence-electron chi connectivity index (χ4n) is 3.92. The lowest BCUT2D eigenvalue weighted by atomic mass is 10.0. The molecule has 1 N–H and O–H groups in total. The van der Waals surface area contributed by atoms with Crippen molar-refractivity contribution in [2.24, 2.45) is 5.10 Å². The maximum atomic E-state index is 13.1. The number of amides is 3. The van der Waals surface area contributed by atoms with Crippen LogP contribution in [0.5, 0.6) is 0 Å². The van der Waals surface area contributed by atoms with Crippen LogP contribution in [0.25, 0.3) is 0 Å². The van der Waals surface area contributed by atoms with E-state index in [0.29, 0.717) is 38.2 Å². The Morgan fingerprint density at radius 1 is 0.935 bits per heavy atom. The van der Waals surface area contributed by atoms with E-state index in [9.17, 15) is 14.4 Å². The predicted molar refractivity (Wildman–Crippen MR) is 117 cm³/mol. The van der Waals surface area contributed by atoms with E-state index in [1.165, 1.54) is 5.01 Å². The Kier molecular flexibility index (Phi) is 6.40. The highest BCUT2D eigenvalue weighted by Gasteiger charge is 2.29. The molecule has 7 heteroatoms. The molecule has 160 valence electrons. The van der Waals surface area contributed by atoms with Gasteiger partial charge in [0.15, 0.2) is 0 Å². The Morgan fingerprint density at radius 2 is 1.65 bits per heavy atom. The Balaban J connectivity index is 1.49. The minimum Gasteiger partial charge on any atom is -0.342 e. The molecule has 0 aromatic heterocycles. The molecule has 0 spiro atoms. The molecule has 2 aliphatic heterocycles. The SMILES string of the molecule is O=C(N[C@H](CN1CCCC1=O)c1ccccc1)C1=NN(Cc2ccccc2)C(=O)CC1. The molecule has 0 aliphatic carbocycles. The summed E-state index contributed by atoms with van der Waals surface area (Å²) < 4.78 is 0. The summed E-state index contributed by atoms with van der Waals surface area (Å²) in [4.78, 5) is 39.3. The molecular weight excluding hydrogens is 392 g/mol. The van der Waals surface area contributed by atoms with Gasteiger partial charge in [0, 0.05) is 32.4 Å². The van der Waals surface area contributed by atoms with Gasteiger partial charge in [-0.05, 0) is 17.5 Å². The van der Waals surface area contributed by atoms with Gasteiger partial charge in [-0.3, -0.25) is 14.4 Å². The van der Waals surface area contributed by atoms with Crippen molar-refractivity contribution in [2.75, 3.05) is 13.1 Å². The second-order valence-electron chi connectivity index (χ2n) is 7.86. The summed E-state index contributed by atoms with van der Waals surface area (Å²) in [5.74, 6) is -0.279. The molecule has 2 aromatic rings. The number of carbonyl (C=O) groups is 3. The zero-order chi connectivity index (χ0) is 21.6. The summed E-state index contributed by atoms with van der Waals surface area (Å²) in [5.41, 5.74) is 2.23. The molecule has 1 saturated heterocycles. The molecule has 3 amide bonds. The van der Waals surface area contributed by atoms with Crippen molar-refractivity contribution in [1.29, 1.82) is 0 Å². The Morgan fingerprint density at radius 3 is 2.32 bits per heavy atom. The Labute approximate surface area is 181 Å². The highest BCUT2D eigenvalue weighted by atomic mass is 16.2. The molecule has 1 atom stereocenters. The number of hydrogen-bond acceptors (Lipinski definition) is 4. The lowest BCUT2D eigenvalue weighted by molar-refractivity contribution is -0.132. The van der Waals surface area contributed by atoms with E-state index in [1.807, 2.05) is 60.7 Å². The first-order chi connectivity index (χ1) is 15.1. The molecule has 1 fully saturated rings. The quantitative estimate of drug-likeness (QED) is 0.751. The number of rotatable bonds is 7. The molecule has 4 rings (SSSR count). The van der Waals surface area contributed by atoms with Gasteiger partial charge in [-0.15, -0.1) is 0 Å². The standard InChI is InChI=1S/C24H26N4O3/c29-22-12-7-15-27(22)17-21(19-10-5-2-6-11-19)25-24(31)20-13-14-23(30)28(26-20)16-18-8-3-1-4-9-18/h1-6,8-11,21H,7,12-17H2,(H,25,31)/t21-/m1/s1. The van der Waals surface area contributed by atoms with Crippen LogP contribution < -0.4 is 5.32 Å². The van der Waals surface area contributed by atoms with Gasteiger partial charge < -0.3 is 10.2 Å². The zero-order valence-corrected chi connectivity index (χ0v) is 17.4. The first-order valence-corrected chi connectivity index (χ1v) is 10.7. The maximum absolute atomic E-state index is 13.1. The first kappa shape index (κ1) is 20.8. The van der Waals surface area contributed by atoms with Crippen LogP contribution in [0.3, 0.4) is 0 Å². The summed E-state index contributed by atoms with van der Waals surface area (Å²) in [7, 11) is 0. The third-order valence-electron chi connectivity index (χ3n) is 5.62. The van der Waals surface area contributed by atoms with Gasteiger partial charge in [-0.2, -0.15) is 5.10 Å². The van der Waals surface area contributed by atoms with Crippen molar-refractivity contribution in [3.8, 4) is 0 Å².